The van der Waals surface area contributed by atoms with Gasteiger partial charge in [0.1, 0.15) is 0 Å². The van der Waals surface area contributed by atoms with Gasteiger partial charge in [0.15, 0.2) is 5.16 Å². The number of nitrogens with one attached hydrogen (secondary N) is 2. The van der Waals surface area contributed by atoms with Gasteiger partial charge in [-0.05, 0) is 57.1 Å². The molecular formula is C25H29N5O3S. The summed E-state index contributed by atoms with van der Waals surface area (Å²) in [7, 11) is 0. The molecule has 178 valence electrons. The molecule has 1 fully saturated rings. The Bertz CT molecular complexity index is 1210. The molecule has 2 aliphatic carbocycles. The van der Waals surface area contributed by atoms with Gasteiger partial charge in [-0.1, -0.05) is 36.9 Å². The molecule has 34 heavy (non-hydrogen) atoms. The van der Waals surface area contributed by atoms with E-state index in [1.54, 1.807) is 11.8 Å². The van der Waals surface area contributed by atoms with Gasteiger partial charge in [-0.3, -0.25) is 9.59 Å². The molecule has 1 amide bonds. The van der Waals surface area contributed by atoms with Crippen LogP contribution in [0.1, 0.15) is 68.5 Å². The first-order valence-electron chi connectivity index (χ1n) is 12.1. The number of aromatic nitrogens is 4. The van der Waals surface area contributed by atoms with Gasteiger partial charge in [-0.15, -0.1) is 10.2 Å². The minimum Gasteiger partial charge on any atom is -0.420 e. The van der Waals surface area contributed by atoms with Crippen LogP contribution >= 0.6 is 11.8 Å². The second-order valence-corrected chi connectivity index (χ2v) is 10.2. The second kappa shape index (κ2) is 10.1. The van der Waals surface area contributed by atoms with Gasteiger partial charge in [0.25, 0.3) is 5.56 Å². The second-order valence-electron chi connectivity index (χ2n) is 9.01. The van der Waals surface area contributed by atoms with Crippen LogP contribution in [0.25, 0.3) is 11.5 Å². The summed E-state index contributed by atoms with van der Waals surface area (Å²) in [5.41, 5.74) is 2.60. The van der Waals surface area contributed by atoms with E-state index in [-0.39, 0.29) is 28.7 Å². The molecule has 0 spiro atoms. The topological polar surface area (TPSA) is 114 Å². The SMILES string of the molecule is CCC(=O)NC1CCC(c2nnc(-c3ccccc3)o2)C(Sc2nc3c(c(=O)[nH]2)CCCC3)C1. The standard InChI is InChI=1S/C25H29N5O3S/c1-2-21(31)26-16-12-13-18(24-30-29-23(33-24)15-8-4-3-5-9-15)20(14-16)34-25-27-19-11-7-6-10-17(19)22(32)28-25/h3-5,8-9,16,18,20H,2,6-7,10-14H2,1H3,(H,26,31)(H,27,28,32). The summed E-state index contributed by atoms with van der Waals surface area (Å²) in [5, 5.41) is 12.5. The van der Waals surface area contributed by atoms with Crippen molar-refractivity contribution in [3.63, 3.8) is 0 Å². The fraction of sp³-hybridized carbons (Fsp3) is 0.480. The van der Waals surface area contributed by atoms with Gasteiger partial charge in [0.05, 0.1) is 5.69 Å². The number of aryl methyl sites for hydroxylation is 1. The molecule has 3 unspecified atom stereocenters. The Balaban J connectivity index is 1.41. The summed E-state index contributed by atoms with van der Waals surface area (Å²) in [6.07, 6.45) is 6.59. The number of fused-ring (bicyclic) bond motifs is 1. The van der Waals surface area contributed by atoms with E-state index in [9.17, 15) is 9.59 Å². The molecule has 3 aromatic rings. The van der Waals surface area contributed by atoms with Crippen LogP contribution in [0, 0.1) is 0 Å². The summed E-state index contributed by atoms with van der Waals surface area (Å²) >= 11 is 1.55. The minimum absolute atomic E-state index is 0.00563. The summed E-state index contributed by atoms with van der Waals surface area (Å²) in [5.74, 6) is 1.15. The van der Waals surface area contributed by atoms with E-state index in [1.165, 1.54) is 0 Å². The van der Waals surface area contributed by atoms with E-state index in [2.05, 4.69) is 20.5 Å². The summed E-state index contributed by atoms with van der Waals surface area (Å²) < 4.78 is 6.11. The number of rotatable bonds is 6. The molecule has 0 bridgehead atoms. The first-order chi connectivity index (χ1) is 16.6. The van der Waals surface area contributed by atoms with Crippen LogP contribution in [0.15, 0.2) is 44.7 Å². The smallest absolute Gasteiger partial charge is 0.254 e. The van der Waals surface area contributed by atoms with E-state index >= 15 is 0 Å². The number of carbonyl (C=O) groups excluding carboxylic acids is 1. The first kappa shape index (κ1) is 22.8. The predicted molar refractivity (Wildman–Crippen MR) is 130 cm³/mol. The minimum atomic E-state index is -0.0282. The molecule has 5 rings (SSSR count). The van der Waals surface area contributed by atoms with Crippen LogP contribution in [-0.4, -0.2) is 37.4 Å². The van der Waals surface area contributed by atoms with Crippen LogP contribution in [0.4, 0.5) is 0 Å². The zero-order chi connectivity index (χ0) is 23.5. The van der Waals surface area contributed by atoms with Crippen LogP contribution in [0.5, 0.6) is 0 Å². The predicted octanol–water partition coefficient (Wildman–Crippen LogP) is 4.02. The van der Waals surface area contributed by atoms with Gasteiger partial charge in [-0.25, -0.2) is 4.98 Å². The zero-order valence-corrected chi connectivity index (χ0v) is 20.1. The zero-order valence-electron chi connectivity index (χ0n) is 19.3. The highest BCUT2D eigenvalue weighted by atomic mass is 32.2. The number of carbonyl (C=O) groups is 1. The molecule has 2 aliphatic rings. The van der Waals surface area contributed by atoms with E-state index in [0.717, 1.165) is 61.8 Å². The molecule has 0 radical (unpaired) electrons. The Labute approximate surface area is 202 Å². The number of hydrogen-bond donors (Lipinski definition) is 2. The molecule has 9 heteroatoms. The number of thioether (sulfide) groups is 1. The van der Waals surface area contributed by atoms with Gasteiger partial charge >= 0.3 is 0 Å². The molecular weight excluding hydrogens is 450 g/mol. The van der Waals surface area contributed by atoms with Crippen molar-refractivity contribution in [2.75, 3.05) is 0 Å². The van der Waals surface area contributed by atoms with Gasteiger partial charge in [0.2, 0.25) is 17.7 Å². The highest BCUT2D eigenvalue weighted by molar-refractivity contribution is 7.99. The molecule has 3 atom stereocenters. The maximum absolute atomic E-state index is 12.7. The van der Waals surface area contributed by atoms with E-state index in [4.69, 9.17) is 9.40 Å². The number of nitrogens with zero attached hydrogens (tertiary/aromatic N) is 3. The molecule has 2 heterocycles. The van der Waals surface area contributed by atoms with Crippen molar-refractivity contribution in [3.8, 4) is 11.5 Å². The number of hydrogen-bond acceptors (Lipinski definition) is 7. The first-order valence-corrected chi connectivity index (χ1v) is 13.0. The molecule has 8 nitrogen and oxygen atoms in total. The average Bonchev–Trinajstić information content (AvgIpc) is 3.35. The maximum Gasteiger partial charge on any atom is 0.254 e. The Kier molecular flexibility index (Phi) is 6.80. The van der Waals surface area contributed by atoms with Crippen LogP contribution in [0.2, 0.25) is 0 Å². The van der Waals surface area contributed by atoms with Crippen molar-refractivity contribution >= 4 is 17.7 Å². The Morgan fingerprint density at radius 1 is 1.18 bits per heavy atom. The Hall–Kier alpha value is -2.94. The quantitative estimate of drug-likeness (QED) is 0.513. The highest BCUT2D eigenvalue weighted by Gasteiger charge is 2.37. The van der Waals surface area contributed by atoms with Crippen molar-refractivity contribution in [3.05, 3.63) is 57.8 Å². The molecule has 2 aromatic heterocycles. The number of aromatic amines is 1. The lowest BCUT2D eigenvalue weighted by atomic mass is 9.85. The van der Waals surface area contributed by atoms with E-state index < -0.39 is 0 Å². The Morgan fingerprint density at radius 3 is 2.82 bits per heavy atom. The highest BCUT2D eigenvalue weighted by Crippen LogP contribution is 2.42. The normalized spacial score (nSPS) is 22.2. The lowest BCUT2D eigenvalue weighted by Gasteiger charge is -2.34. The van der Waals surface area contributed by atoms with Gasteiger partial charge in [-0.2, -0.15) is 0 Å². The molecule has 0 aliphatic heterocycles. The van der Waals surface area contributed by atoms with E-state index in [0.29, 0.717) is 23.4 Å². The molecule has 1 aromatic carbocycles. The van der Waals surface area contributed by atoms with Crippen molar-refractivity contribution in [1.82, 2.24) is 25.5 Å². The van der Waals surface area contributed by atoms with Crippen molar-refractivity contribution in [1.29, 1.82) is 0 Å². The van der Waals surface area contributed by atoms with Crippen LogP contribution in [0.3, 0.4) is 0 Å². The summed E-state index contributed by atoms with van der Waals surface area (Å²) in [4.78, 5) is 32.5. The van der Waals surface area contributed by atoms with Crippen molar-refractivity contribution < 1.29 is 9.21 Å². The lowest BCUT2D eigenvalue weighted by molar-refractivity contribution is -0.121. The molecule has 0 saturated heterocycles. The third-order valence-corrected chi connectivity index (χ3v) is 7.93. The number of amides is 1. The van der Waals surface area contributed by atoms with E-state index in [1.807, 2.05) is 37.3 Å². The van der Waals surface area contributed by atoms with Crippen molar-refractivity contribution in [2.45, 2.75) is 80.7 Å². The third-order valence-electron chi connectivity index (χ3n) is 6.69. The molecule has 2 N–H and O–H groups in total. The fourth-order valence-corrected chi connectivity index (χ4v) is 6.21. The Morgan fingerprint density at radius 2 is 2.00 bits per heavy atom. The van der Waals surface area contributed by atoms with Crippen LogP contribution < -0.4 is 10.9 Å². The van der Waals surface area contributed by atoms with Crippen LogP contribution in [-0.2, 0) is 17.6 Å². The van der Waals surface area contributed by atoms with Crippen molar-refractivity contribution in [2.24, 2.45) is 0 Å². The summed E-state index contributed by atoms with van der Waals surface area (Å²) in [6.45, 7) is 1.86. The average molecular weight is 480 g/mol. The molecule has 1 saturated carbocycles. The third kappa shape index (κ3) is 4.94. The number of H-pyrrole nitrogens is 1. The maximum atomic E-state index is 12.7. The number of benzene rings is 1. The lowest BCUT2D eigenvalue weighted by Crippen LogP contribution is -2.41. The fourth-order valence-electron chi connectivity index (χ4n) is 4.86. The largest absolute Gasteiger partial charge is 0.420 e. The summed E-state index contributed by atoms with van der Waals surface area (Å²) in [6, 6.07) is 9.80. The monoisotopic (exact) mass is 479 g/mol. The van der Waals surface area contributed by atoms with Gasteiger partial charge < -0.3 is 14.7 Å². The van der Waals surface area contributed by atoms with Gasteiger partial charge in [0, 0.05) is 34.8 Å².